The molecule has 2 atom stereocenters. The van der Waals surface area contributed by atoms with Crippen LogP contribution in [0.15, 0.2) is 29.3 Å². The van der Waals surface area contributed by atoms with Crippen molar-refractivity contribution in [3.63, 3.8) is 0 Å². The highest BCUT2D eigenvalue weighted by Gasteiger charge is 2.38. The van der Waals surface area contributed by atoms with E-state index < -0.39 is 0 Å². The Balaban J connectivity index is 1.33. The second-order valence-corrected chi connectivity index (χ2v) is 7.23. The number of aliphatic imine (C=N–C) groups is 1. The molecule has 3 rings (SSSR count). The SMILES string of the molecule is CN=C(NCCCOc1cccc(OC)c1)NC1CC(C)N(C2CC2)C1. The average Bonchev–Trinajstić information content (AvgIpc) is 3.43. The van der Waals surface area contributed by atoms with Gasteiger partial charge in [0.2, 0.25) is 0 Å². The van der Waals surface area contributed by atoms with Gasteiger partial charge in [-0.15, -0.1) is 0 Å². The fraction of sp³-hybridized carbons (Fsp3) is 0.650. The number of hydrogen-bond acceptors (Lipinski definition) is 4. The molecular formula is C20H32N4O2. The monoisotopic (exact) mass is 360 g/mol. The Hall–Kier alpha value is -1.95. The largest absolute Gasteiger partial charge is 0.497 e. The summed E-state index contributed by atoms with van der Waals surface area (Å²) < 4.78 is 11.0. The smallest absolute Gasteiger partial charge is 0.191 e. The van der Waals surface area contributed by atoms with Gasteiger partial charge in [0.1, 0.15) is 11.5 Å². The van der Waals surface area contributed by atoms with Crippen molar-refractivity contribution >= 4 is 5.96 Å². The van der Waals surface area contributed by atoms with Gasteiger partial charge in [-0.1, -0.05) is 6.07 Å². The molecule has 2 fully saturated rings. The topological polar surface area (TPSA) is 58.1 Å². The summed E-state index contributed by atoms with van der Waals surface area (Å²) in [7, 11) is 3.50. The van der Waals surface area contributed by atoms with Crippen LogP contribution in [0.1, 0.15) is 32.6 Å². The third kappa shape index (κ3) is 5.27. The van der Waals surface area contributed by atoms with Crippen LogP contribution in [0.25, 0.3) is 0 Å². The standard InChI is InChI=1S/C20H32N4O2/c1-15-12-16(14-24(15)17-8-9-17)23-20(21-2)22-10-5-11-26-19-7-4-6-18(13-19)25-3/h4,6-7,13,15-17H,5,8-12,14H2,1-3H3,(H2,21,22,23). The molecule has 0 radical (unpaired) electrons. The van der Waals surface area contributed by atoms with Gasteiger partial charge in [-0.2, -0.15) is 0 Å². The quantitative estimate of drug-likeness (QED) is 0.423. The summed E-state index contributed by atoms with van der Waals surface area (Å²) in [6.45, 7) is 4.96. The van der Waals surface area contributed by atoms with Crippen molar-refractivity contribution in [3.05, 3.63) is 24.3 Å². The van der Waals surface area contributed by atoms with Crippen molar-refractivity contribution in [2.24, 2.45) is 4.99 Å². The fourth-order valence-corrected chi connectivity index (χ4v) is 3.62. The van der Waals surface area contributed by atoms with E-state index in [0.717, 1.165) is 43.0 Å². The molecule has 1 saturated heterocycles. The number of ether oxygens (including phenoxy) is 2. The van der Waals surface area contributed by atoms with Gasteiger partial charge in [0, 0.05) is 44.3 Å². The zero-order valence-corrected chi connectivity index (χ0v) is 16.2. The van der Waals surface area contributed by atoms with Crippen LogP contribution in [0, 0.1) is 0 Å². The summed E-state index contributed by atoms with van der Waals surface area (Å²) in [6, 6.07) is 9.70. The van der Waals surface area contributed by atoms with Crippen molar-refractivity contribution in [3.8, 4) is 11.5 Å². The Morgan fingerprint density at radius 2 is 2.12 bits per heavy atom. The Morgan fingerprint density at radius 1 is 1.31 bits per heavy atom. The second kappa shape index (κ2) is 9.12. The van der Waals surface area contributed by atoms with E-state index in [1.807, 2.05) is 31.3 Å². The summed E-state index contributed by atoms with van der Waals surface area (Å²) in [5.74, 6) is 2.55. The number of rotatable bonds is 8. The minimum absolute atomic E-state index is 0.491. The van der Waals surface area contributed by atoms with E-state index in [1.54, 1.807) is 7.11 Å². The summed E-state index contributed by atoms with van der Waals surface area (Å²) in [5.41, 5.74) is 0. The maximum absolute atomic E-state index is 5.77. The molecule has 0 aromatic heterocycles. The van der Waals surface area contributed by atoms with E-state index in [4.69, 9.17) is 9.47 Å². The van der Waals surface area contributed by atoms with Gasteiger partial charge in [-0.05, 0) is 44.7 Å². The van der Waals surface area contributed by atoms with Crippen LogP contribution < -0.4 is 20.1 Å². The van der Waals surface area contributed by atoms with Gasteiger partial charge in [-0.3, -0.25) is 9.89 Å². The Kier molecular flexibility index (Phi) is 6.61. The zero-order chi connectivity index (χ0) is 18.4. The lowest BCUT2D eigenvalue weighted by Crippen LogP contribution is -2.45. The van der Waals surface area contributed by atoms with Crippen LogP contribution in [0.5, 0.6) is 11.5 Å². The van der Waals surface area contributed by atoms with Gasteiger partial charge >= 0.3 is 0 Å². The Morgan fingerprint density at radius 3 is 2.85 bits per heavy atom. The highest BCUT2D eigenvalue weighted by molar-refractivity contribution is 5.80. The third-order valence-electron chi connectivity index (χ3n) is 5.13. The first-order chi connectivity index (χ1) is 12.7. The van der Waals surface area contributed by atoms with Crippen molar-refractivity contribution in [1.82, 2.24) is 15.5 Å². The highest BCUT2D eigenvalue weighted by atomic mass is 16.5. The first kappa shape index (κ1) is 18.8. The lowest BCUT2D eigenvalue weighted by Gasteiger charge is -2.20. The molecule has 0 bridgehead atoms. The van der Waals surface area contributed by atoms with Crippen LogP contribution in [-0.4, -0.2) is 62.8 Å². The molecule has 26 heavy (non-hydrogen) atoms. The van der Waals surface area contributed by atoms with Gasteiger partial charge in [0.05, 0.1) is 13.7 Å². The Labute approximate surface area is 157 Å². The molecule has 1 aliphatic heterocycles. The molecular weight excluding hydrogens is 328 g/mol. The predicted molar refractivity (Wildman–Crippen MR) is 105 cm³/mol. The molecule has 2 unspecified atom stereocenters. The normalized spacial score (nSPS) is 23.7. The number of benzene rings is 1. The van der Waals surface area contributed by atoms with E-state index >= 15 is 0 Å². The molecule has 1 heterocycles. The maximum atomic E-state index is 5.77. The minimum atomic E-state index is 0.491. The van der Waals surface area contributed by atoms with E-state index in [1.165, 1.54) is 19.3 Å². The molecule has 6 nitrogen and oxygen atoms in total. The molecule has 1 aliphatic carbocycles. The first-order valence-corrected chi connectivity index (χ1v) is 9.69. The average molecular weight is 361 g/mol. The van der Waals surface area contributed by atoms with Crippen molar-refractivity contribution in [2.45, 2.75) is 50.7 Å². The molecule has 144 valence electrons. The summed E-state index contributed by atoms with van der Waals surface area (Å²) in [5, 5.41) is 6.97. The van der Waals surface area contributed by atoms with Gasteiger partial charge in [-0.25, -0.2) is 0 Å². The van der Waals surface area contributed by atoms with Crippen LogP contribution in [0.3, 0.4) is 0 Å². The van der Waals surface area contributed by atoms with Crippen molar-refractivity contribution in [2.75, 3.05) is 33.9 Å². The van der Waals surface area contributed by atoms with Crippen LogP contribution >= 0.6 is 0 Å². The van der Waals surface area contributed by atoms with Crippen LogP contribution in [0.2, 0.25) is 0 Å². The minimum Gasteiger partial charge on any atom is -0.497 e. The molecule has 2 aliphatic rings. The molecule has 1 aromatic rings. The van der Waals surface area contributed by atoms with E-state index in [-0.39, 0.29) is 0 Å². The molecule has 1 saturated carbocycles. The van der Waals surface area contributed by atoms with E-state index in [2.05, 4.69) is 27.4 Å². The molecule has 2 N–H and O–H groups in total. The Bertz CT molecular complexity index is 603. The number of guanidine groups is 1. The summed E-state index contributed by atoms with van der Waals surface area (Å²) >= 11 is 0. The lowest BCUT2D eigenvalue weighted by atomic mass is 10.2. The van der Waals surface area contributed by atoms with Gasteiger partial charge in [0.25, 0.3) is 0 Å². The summed E-state index contributed by atoms with van der Waals surface area (Å²) in [6.07, 6.45) is 4.85. The lowest BCUT2D eigenvalue weighted by molar-refractivity contribution is 0.256. The number of hydrogen-bond donors (Lipinski definition) is 2. The van der Waals surface area contributed by atoms with Crippen LogP contribution in [-0.2, 0) is 0 Å². The zero-order valence-electron chi connectivity index (χ0n) is 16.2. The first-order valence-electron chi connectivity index (χ1n) is 9.69. The maximum Gasteiger partial charge on any atom is 0.191 e. The van der Waals surface area contributed by atoms with Crippen molar-refractivity contribution in [1.29, 1.82) is 0 Å². The number of likely N-dealkylation sites (tertiary alicyclic amines) is 1. The van der Waals surface area contributed by atoms with E-state index in [0.29, 0.717) is 18.7 Å². The highest BCUT2D eigenvalue weighted by Crippen LogP contribution is 2.33. The third-order valence-corrected chi connectivity index (χ3v) is 5.13. The van der Waals surface area contributed by atoms with E-state index in [9.17, 15) is 0 Å². The van der Waals surface area contributed by atoms with Crippen molar-refractivity contribution < 1.29 is 9.47 Å². The van der Waals surface area contributed by atoms with Gasteiger partial charge < -0.3 is 20.1 Å². The molecule has 0 amide bonds. The predicted octanol–water partition coefficient (Wildman–Crippen LogP) is 2.25. The summed E-state index contributed by atoms with van der Waals surface area (Å²) in [4.78, 5) is 7.00. The fourth-order valence-electron chi connectivity index (χ4n) is 3.62. The number of nitrogens with one attached hydrogen (secondary N) is 2. The molecule has 1 aromatic carbocycles. The van der Waals surface area contributed by atoms with Crippen LogP contribution in [0.4, 0.5) is 0 Å². The number of methoxy groups -OCH3 is 1. The molecule has 6 heteroatoms. The number of nitrogens with zero attached hydrogens (tertiary/aromatic N) is 2. The van der Waals surface area contributed by atoms with Gasteiger partial charge in [0.15, 0.2) is 5.96 Å². The molecule has 0 spiro atoms. The second-order valence-electron chi connectivity index (χ2n) is 7.23.